The van der Waals surface area contributed by atoms with E-state index in [9.17, 15) is 32.3 Å². The Morgan fingerprint density at radius 1 is 1.17 bits per heavy atom. The molecule has 0 aliphatic heterocycles. The van der Waals surface area contributed by atoms with Gasteiger partial charge in [0.1, 0.15) is 11.6 Å². The average molecular weight is 448 g/mol. The second kappa shape index (κ2) is 9.94. The van der Waals surface area contributed by atoms with Crippen LogP contribution in [0, 0.1) is 5.82 Å². The van der Waals surface area contributed by atoms with Gasteiger partial charge in [-0.1, -0.05) is 0 Å². The number of aliphatic hydroxyl groups is 1. The number of hydrogen-bond donors (Lipinski definition) is 3. The topological polar surface area (TPSA) is 96.2 Å². The Bertz CT molecular complexity index is 873. The van der Waals surface area contributed by atoms with Gasteiger partial charge in [0.15, 0.2) is 0 Å². The fraction of sp³-hybridized carbons (Fsp3) is 0.389. The minimum Gasteiger partial charge on any atom is -0.374 e. The highest BCUT2D eigenvalue weighted by molar-refractivity contribution is 8.00. The number of thioether (sulfide) groups is 1. The number of benzene rings is 1. The number of aryl methyl sites for hydroxylation is 1. The lowest BCUT2D eigenvalue weighted by atomic mass is 9.97. The minimum absolute atomic E-state index is 0.0788. The lowest BCUT2D eigenvalue weighted by Gasteiger charge is -2.29. The van der Waals surface area contributed by atoms with Crippen molar-refractivity contribution in [3.8, 4) is 0 Å². The maximum Gasteiger partial charge on any atom is 0.424 e. The Morgan fingerprint density at radius 2 is 1.80 bits per heavy atom. The van der Waals surface area contributed by atoms with Gasteiger partial charge in [0, 0.05) is 38.1 Å². The summed E-state index contributed by atoms with van der Waals surface area (Å²) >= 11 is 0.956. The van der Waals surface area contributed by atoms with Crippen LogP contribution in [0.3, 0.4) is 0 Å². The third kappa shape index (κ3) is 6.20. The molecule has 0 aliphatic carbocycles. The number of carbonyl (C=O) groups is 2. The molecule has 1 atom stereocenters. The van der Waals surface area contributed by atoms with Gasteiger partial charge in [-0.05, 0) is 24.3 Å². The lowest BCUT2D eigenvalue weighted by Crippen LogP contribution is -2.46. The molecule has 12 heteroatoms. The van der Waals surface area contributed by atoms with Crippen molar-refractivity contribution in [3.63, 3.8) is 0 Å². The fourth-order valence-electron chi connectivity index (χ4n) is 2.55. The highest BCUT2D eigenvalue weighted by Gasteiger charge is 2.57. The molecule has 0 bridgehead atoms. The molecule has 0 saturated carbocycles. The summed E-state index contributed by atoms with van der Waals surface area (Å²) in [7, 11) is 1.32. The van der Waals surface area contributed by atoms with Gasteiger partial charge in [-0.2, -0.15) is 13.2 Å². The van der Waals surface area contributed by atoms with Gasteiger partial charge in [-0.25, -0.2) is 9.37 Å². The summed E-state index contributed by atoms with van der Waals surface area (Å²) in [6, 6.07) is 5.13. The number of nitrogens with one attached hydrogen (secondary N) is 2. The number of anilines is 1. The van der Waals surface area contributed by atoms with Gasteiger partial charge in [-0.15, -0.1) is 11.8 Å². The maximum absolute atomic E-state index is 13.4. The zero-order chi connectivity index (χ0) is 22.4. The molecule has 2 aromatic rings. The molecule has 7 nitrogen and oxygen atoms in total. The first-order valence-electron chi connectivity index (χ1n) is 8.69. The standard InChI is InChI=1S/C18H20F4N4O3S/c1-26-9-8-24-16(26)17(29,18(20,21)22)6-7-23-14(27)10-30-11-15(28)25-13-4-2-12(19)3-5-13/h2-5,8-9,29H,6-7,10-11H2,1H3,(H,23,27)(H,25,28). The number of aromatic nitrogens is 2. The average Bonchev–Trinajstić information content (AvgIpc) is 3.09. The summed E-state index contributed by atoms with van der Waals surface area (Å²) in [5.41, 5.74) is -2.81. The van der Waals surface area contributed by atoms with E-state index in [1.807, 2.05) is 0 Å². The molecule has 2 amide bonds. The van der Waals surface area contributed by atoms with Crippen molar-refractivity contribution in [1.82, 2.24) is 14.9 Å². The normalized spacial score (nSPS) is 13.5. The quantitative estimate of drug-likeness (QED) is 0.511. The molecule has 1 unspecified atom stereocenters. The predicted molar refractivity (Wildman–Crippen MR) is 103 cm³/mol. The third-order valence-corrected chi connectivity index (χ3v) is 5.00. The van der Waals surface area contributed by atoms with Crippen LogP contribution in [-0.2, 0) is 22.2 Å². The van der Waals surface area contributed by atoms with Crippen molar-refractivity contribution >= 4 is 29.3 Å². The van der Waals surface area contributed by atoms with Crippen molar-refractivity contribution in [2.24, 2.45) is 7.05 Å². The SMILES string of the molecule is Cn1ccnc1C(O)(CCNC(=O)CSCC(=O)Nc1ccc(F)cc1)C(F)(F)F. The highest BCUT2D eigenvalue weighted by Crippen LogP contribution is 2.40. The number of carbonyl (C=O) groups excluding carboxylic acids is 2. The number of alkyl halides is 3. The third-order valence-electron chi connectivity index (χ3n) is 4.06. The molecule has 3 N–H and O–H groups in total. The lowest BCUT2D eigenvalue weighted by molar-refractivity contribution is -0.272. The Hall–Kier alpha value is -2.60. The molecular formula is C18H20F4N4O3S. The Kier molecular flexibility index (Phi) is 7.84. The van der Waals surface area contributed by atoms with Gasteiger partial charge in [0.2, 0.25) is 17.4 Å². The van der Waals surface area contributed by atoms with Crippen LogP contribution < -0.4 is 10.6 Å². The van der Waals surface area contributed by atoms with Crippen LogP contribution in [0.15, 0.2) is 36.7 Å². The number of halogens is 4. The molecule has 0 radical (unpaired) electrons. The smallest absolute Gasteiger partial charge is 0.374 e. The van der Waals surface area contributed by atoms with Crippen molar-refractivity contribution in [2.75, 3.05) is 23.4 Å². The van der Waals surface area contributed by atoms with Crippen LogP contribution in [0.2, 0.25) is 0 Å². The molecule has 1 aromatic carbocycles. The summed E-state index contributed by atoms with van der Waals surface area (Å²) in [6.45, 7) is -0.440. The first-order valence-corrected chi connectivity index (χ1v) is 9.85. The zero-order valence-electron chi connectivity index (χ0n) is 15.9. The van der Waals surface area contributed by atoms with Crippen LogP contribution in [0.1, 0.15) is 12.2 Å². The van der Waals surface area contributed by atoms with Crippen LogP contribution in [0.5, 0.6) is 0 Å². The molecule has 2 rings (SSSR count). The number of amides is 2. The second-order valence-corrected chi connectivity index (χ2v) is 7.35. The van der Waals surface area contributed by atoms with Gasteiger partial charge < -0.3 is 20.3 Å². The predicted octanol–water partition coefficient (Wildman–Crippen LogP) is 2.19. The van der Waals surface area contributed by atoms with Crippen molar-refractivity contribution < 1.29 is 32.3 Å². The number of rotatable bonds is 9. The van der Waals surface area contributed by atoms with Crippen LogP contribution in [0.25, 0.3) is 0 Å². The Balaban J connectivity index is 1.76. The molecule has 1 heterocycles. The largest absolute Gasteiger partial charge is 0.424 e. The van der Waals surface area contributed by atoms with Gasteiger partial charge >= 0.3 is 6.18 Å². The maximum atomic E-state index is 13.4. The Morgan fingerprint density at radius 3 is 2.37 bits per heavy atom. The van der Waals surface area contributed by atoms with E-state index in [2.05, 4.69) is 15.6 Å². The summed E-state index contributed by atoms with van der Waals surface area (Å²) < 4.78 is 54.0. The molecule has 1 aromatic heterocycles. The molecule has 30 heavy (non-hydrogen) atoms. The summed E-state index contributed by atoms with van der Waals surface area (Å²) in [6.07, 6.45) is -3.39. The summed E-state index contributed by atoms with van der Waals surface area (Å²) in [5.74, 6) is -2.26. The molecule has 0 aliphatic rings. The van der Waals surface area contributed by atoms with E-state index >= 15 is 0 Å². The van der Waals surface area contributed by atoms with Gasteiger partial charge in [0.05, 0.1) is 11.5 Å². The van der Waals surface area contributed by atoms with E-state index in [1.165, 1.54) is 37.5 Å². The summed E-state index contributed by atoms with van der Waals surface area (Å²) in [4.78, 5) is 27.2. The number of nitrogens with zero attached hydrogens (tertiary/aromatic N) is 2. The zero-order valence-corrected chi connectivity index (χ0v) is 16.7. The molecule has 0 saturated heterocycles. The molecular weight excluding hydrogens is 428 g/mol. The van der Waals surface area contributed by atoms with E-state index < -0.39 is 48.2 Å². The van der Waals surface area contributed by atoms with E-state index in [1.54, 1.807) is 0 Å². The number of hydrogen-bond acceptors (Lipinski definition) is 5. The van der Waals surface area contributed by atoms with Gasteiger partial charge in [0.25, 0.3) is 0 Å². The molecule has 164 valence electrons. The van der Waals surface area contributed by atoms with E-state index in [0.717, 1.165) is 22.5 Å². The van der Waals surface area contributed by atoms with Gasteiger partial charge in [-0.3, -0.25) is 9.59 Å². The summed E-state index contributed by atoms with van der Waals surface area (Å²) in [5, 5.41) is 15.0. The first kappa shape index (κ1) is 23.7. The minimum atomic E-state index is -4.98. The number of imidazole rings is 1. The first-order chi connectivity index (χ1) is 14.0. The van der Waals surface area contributed by atoms with Crippen molar-refractivity contribution in [3.05, 3.63) is 48.3 Å². The fourth-order valence-corrected chi connectivity index (χ4v) is 3.19. The van der Waals surface area contributed by atoms with Crippen molar-refractivity contribution in [1.29, 1.82) is 0 Å². The monoisotopic (exact) mass is 448 g/mol. The van der Waals surface area contributed by atoms with Crippen LogP contribution >= 0.6 is 11.8 Å². The highest BCUT2D eigenvalue weighted by atomic mass is 32.2. The van der Waals surface area contributed by atoms with Crippen LogP contribution in [0.4, 0.5) is 23.2 Å². The van der Waals surface area contributed by atoms with E-state index in [0.29, 0.717) is 5.69 Å². The van der Waals surface area contributed by atoms with Crippen LogP contribution in [-0.4, -0.2) is 50.7 Å². The van der Waals surface area contributed by atoms with E-state index in [4.69, 9.17) is 0 Å². The van der Waals surface area contributed by atoms with E-state index in [-0.39, 0.29) is 11.5 Å². The molecule has 0 fully saturated rings. The Labute approximate surface area is 173 Å². The second-order valence-electron chi connectivity index (χ2n) is 6.37. The molecule has 0 spiro atoms. The van der Waals surface area contributed by atoms with Crippen molar-refractivity contribution in [2.45, 2.75) is 18.2 Å².